The largest absolute Gasteiger partial charge is 0.416 e. The molecule has 0 spiro atoms. The predicted octanol–water partition coefficient (Wildman–Crippen LogP) is 3.02. The van der Waals surface area contributed by atoms with Gasteiger partial charge in [-0.1, -0.05) is 6.07 Å². The highest BCUT2D eigenvalue weighted by Crippen LogP contribution is 2.29. The van der Waals surface area contributed by atoms with E-state index in [0.29, 0.717) is 0 Å². The number of aromatic nitrogens is 2. The van der Waals surface area contributed by atoms with Crippen molar-refractivity contribution in [3.05, 3.63) is 52.8 Å². The SMILES string of the molecule is Cc1nn(C)cc1CN(C)C(=O)c1cccc(C(F)(F)F)c1. The standard InChI is InChI=1S/C15H16F3N3O/c1-10-12(9-21(3)19-10)8-20(2)14(22)11-5-4-6-13(7-11)15(16,17)18/h4-7,9H,8H2,1-3H3. The highest BCUT2D eigenvalue weighted by Gasteiger charge is 2.31. The second-order valence-electron chi connectivity index (χ2n) is 5.15. The molecule has 0 saturated heterocycles. The van der Waals surface area contributed by atoms with Crippen molar-refractivity contribution in [2.24, 2.45) is 7.05 Å². The van der Waals surface area contributed by atoms with Gasteiger partial charge in [-0.05, 0) is 25.1 Å². The van der Waals surface area contributed by atoms with Crippen LogP contribution >= 0.6 is 0 Å². The molecule has 1 aromatic heterocycles. The van der Waals surface area contributed by atoms with Crippen LogP contribution in [-0.4, -0.2) is 27.6 Å². The molecule has 0 bridgehead atoms. The Bertz CT molecular complexity index is 692. The number of carbonyl (C=O) groups excluding carboxylic acids is 1. The lowest BCUT2D eigenvalue weighted by Crippen LogP contribution is -2.26. The molecule has 4 nitrogen and oxygen atoms in total. The van der Waals surface area contributed by atoms with Crippen LogP contribution in [0.5, 0.6) is 0 Å². The minimum atomic E-state index is -4.46. The van der Waals surface area contributed by atoms with Crippen LogP contribution in [-0.2, 0) is 19.8 Å². The van der Waals surface area contributed by atoms with Crippen molar-refractivity contribution in [2.45, 2.75) is 19.6 Å². The van der Waals surface area contributed by atoms with Crippen molar-refractivity contribution in [1.29, 1.82) is 0 Å². The molecule has 0 atom stereocenters. The van der Waals surface area contributed by atoms with Gasteiger partial charge >= 0.3 is 6.18 Å². The molecule has 2 rings (SSSR count). The van der Waals surface area contributed by atoms with Gasteiger partial charge in [-0.3, -0.25) is 9.48 Å². The van der Waals surface area contributed by atoms with E-state index in [-0.39, 0.29) is 12.1 Å². The first-order chi connectivity index (χ1) is 10.2. The predicted molar refractivity (Wildman–Crippen MR) is 75.2 cm³/mol. The first-order valence-corrected chi connectivity index (χ1v) is 6.60. The number of hydrogen-bond donors (Lipinski definition) is 0. The van der Waals surface area contributed by atoms with Crippen LogP contribution in [0.1, 0.15) is 27.2 Å². The van der Waals surface area contributed by atoms with Gasteiger partial charge in [-0.15, -0.1) is 0 Å². The van der Waals surface area contributed by atoms with E-state index >= 15 is 0 Å². The van der Waals surface area contributed by atoms with Gasteiger partial charge in [0, 0.05) is 38.0 Å². The summed E-state index contributed by atoms with van der Waals surface area (Å²) >= 11 is 0. The number of alkyl halides is 3. The lowest BCUT2D eigenvalue weighted by Gasteiger charge is -2.17. The van der Waals surface area contributed by atoms with E-state index in [0.717, 1.165) is 23.4 Å². The minimum Gasteiger partial charge on any atom is -0.337 e. The quantitative estimate of drug-likeness (QED) is 0.874. The molecule has 118 valence electrons. The van der Waals surface area contributed by atoms with Gasteiger partial charge in [0.1, 0.15) is 0 Å². The van der Waals surface area contributed by atoms with E-state index in [1.54, 1.807) is 25.0 Å². The van der Waals surface area contributed by atoms with Crippen LogP contribution in [0.2, 0.25) is 0 Å². The Balaban J connectivity index is 2.19. The first-order valence-electron chi connectivity index (χ1n) is 6.60. The van der Waals surface area contributed by atoms with E-state index in [9.17, 15) is 18.0 Å². The maximum atomic E-state index is 12.7. The Morgan fingerprint density at radius 2 is 2.05 bits per heavy atom. The van der Waals surface area contributed by atoms with Gasteiger partial charge in [0.15, 0.2) is 0 Å². The number of aryl methyl sites for hydroxylation is 2. The fourth-order valence-corrected chi connectivity index (χ4v) is 2.18. The number of hydrogen-bond acceptors (Lipinski definition) is 2. The van der Waals surface area contributed by atoms with Gasteiger partial charge in [-0.25, -0.2) is 0 Å². The molecule has 0 aliphatic rings. The molecule has 0 radical (unpaired) electrons. The lowest BCUT2D eigenvalue weighted by molar-refractivity contribution is -0.137. The number of halogens is 3. The van der Waals surface area contributed by atoms with Crippen molar-refractivity contribution in [2.75, 3.05) is 7.05 Å². The van der Waals surface area contributed by atoms with E-state index in [2.05, 4.69) is 5.10 Å². The van der Waals surface area contributed by atoms with E-state index in [1.165, 1.54) is 17.0 Å². The second kappa shape index (κ2) is 5.82. The normalized spacial score (nSPS) is 11.5. The molecular weight excluding hydrogens is 295 g/mol. The van der Waals surface area contributed by atoms with E-state index < -0.39 is 17.6 Å². The van der Waals surface area contributed by atoms with Gasteiger partial charge < -0.3 is 4.90 Å². The lowest BCUT2D eigenvalue weighted by atomic mass is 10.1. The van der Waals surface area contributed by atoms with E-state index in [1.807, 2.05) is 6.92 Å². The topological polar surface area (TPSA) is 38.1 Å². The Labute approximate surface area is 126 Å². The van der Waals surface area contributed by atoms with Crippen LogP contribution in [0.4, 0.5) is 13.2 Å². The Morgan fingerprint density at radius 3 is 2.59 bits per heavy atom. The third-order valence-corrected chi connectivity index (χ3v) is 3.31. The summed E-state index contributed by atoms with van der Waals surface area (Å²) < 4.78 is 39.7. The molecule has 0 aliphatic carbocycles. The summed E-state index contributed by atoms with van der Waals surface area (Å²) in [6, 6.07) is 4.43. The molecule has 1 heterocycles. The zero-order valence-corrected chi connectivity index (χ0v) is 12.5. The number of nitrogens with zero attached hydrogens (tertiary/aromatic N) is 3. The van der Waals surface area contributed by atoms with Crippen molar-refractivity contribution in [3.8, 4) is 0 Å². The van der Waals surface area contributed by atoms with Crippen LogP contribution in [0.25, 0.3) is 0 Å². The van der Waals surface area contributed by atoms with Crippen LogP contribution in [0.3, 0.4) is 0 Å². The zero-order chi connectivity index (χ0) is 16.5. The molecule has 0 saturated carbocycles. The number of amides is 1. The van der Waals surface area contributed by atoms with Gasteiger partial charge in [0.05, 0.1) is 11.3 Å². The minimum absolute atomic E-state index is 0.0128. The third-order valence-electron chi connectivity index (χ3n) is 3.31. The summed E-state index contributed by atoms with van der Waals surface area (Å²) in [5.74, 6) is -0.464. The average Bonchev–Trinajstić information content (AvgIpc) is 2.75. The second-order valence-corrected chi connectivity index (χ2v) is 5.15. The molecule has 2 aromatic rings. The summed E-state index contributed by atoms with van der Waals surface area (Å²) in [7, 11) is 3.32. The number of rotatable bonds is 3. The summed E-state index contributed by atoms with van der Waals surface area (Å²) in [5.41, 5.74) is 0.819. The van der Waals surface area contributed by atoms with Crippen LogP contribution in [0.15, 0.2) is 30.5 Å². The molecule has 1 aromatic carbocycles. The van der Waals surface area contributed by atoms with Crippen molar-refractivity contribution in [1.82, 2.24) is 14.7 Å². The highest BCUT2D eigenvalue weighted by molar-refractivity contribution is 5.94. The molecule has 0 fully saturated rings. The maximum Gasteiger partial charge on any atom is 0.416 e. The molecule has 1 amide bonds. The molecule has 0 unspecified atom stereocenters. The molecule has 0 aliphatic heterocycles. The van der Waals surface area contributed by atoms with Gasteiger partial charge in [-0.2, -0.15) is 18.3 Å². The van der Waals surface area contributed by atoms with Crippen molar-refractivity contribution in [3.63, 3.8) is 0 Å². The summed E-state index contributed by atoms with van der Waals surface area (Å²) in [5, 5.41) is 4.17. The monoisotopic (exact) mass is 311 g/mol. The molecular formula is C15H16F3N3O. The van der Waals surface area contributed by atoms with Crippen LogP contribution < -0.4 is 0 Å². The highest BCUT2D eigenvalue weighted by atomic mass is 19.4. The fourth-order valence-electron chi connectivity index (χ4n) is 2.18. The Morgan fingerprint density at radius 1 is 1.36 bits per heavy atom. The van der Waals surface area contributed by atoms with Crippen molar-refractivity contribution >= 4 is 5.91 Å². The summed E-state index contributed by atoms with van der Waals surface area (Å²) in [6.45, 7) is 2.10. The zero-order valence-electron chi connectivity index (χ0n) is 12.5. The molecule has 0 N–H and O–H groups in total. The van der Waals surface area contributed by atoms with Gasteiger partial charge in [0.2, 0.25) is 0 Å². The molecule has 22 heavy (non-hydrogen) atoms. The number of carbonyl (C=O) groups is 1. The van der Waals surface area contributed by atoms with E-state index in [4.69, 9.17) is 0 Å². The summed E-state index contributed by atoms with van der Waals surface area (Å²) in [4.78, 5) is 13.7. The fraction of sp³-hybridized carbons (Fsp3) is 0.333. The Hall–Kier alpha value is -2.31. The first kappa shape index (κ1) is 16.1. The molecule has 7 heteroatoms. The maximum absolute atomic E-state index is 12.7. The van der Waals surface area contributed by atoms with Crippen LogP contribution in [0, 0.1) is 6.92 Å². The summed E-state index contributed by atoms with van der Waals surface area (Å²) in [6.07, 6.45) is -2.68. The Kier molecular flexibility index (Phi) is 4.25. The average molecular weight is 311 g/mol. The smallest absolute Gasteiger partial charge is 0.337 e. The van der Waals surface area contributed by atoms with Crippen molar-refractivity contribution < 1.29 is 18.0 Å². The third kappa shape index (κ3) is 3.47. The van der Waals surface area contributed by atoms with Gasteiger partial charge in [0.25, 0.3) is 5.91 Å². The number of benzene rings is 1.